The number of ether oxygens (including phenoxy) is 1. The lowest BCUT2D eigenvalue weighted by Crippen LogP contribution is -2.51. The van der Waals surface area contributed by atoms with Gasteiger partial charge in [0.25, 0.3) is 0 Å². The average molecular weight is 427 g/mol. The molecule has 8 heteroatoms. The van der Waals surface area contributed by atoms with Gasteiger partial charge in [0, 0.05) is 16.6 Å². The molecule has 3 atom stereocenters. The number of nitrogens with one attached hydrogen (secondary N) is 1. The molecular weight excluding hydrogens is 408 g/mol. The van der Waals surface area contributed by atoms with Crippen molar-refractivity contribution in [3.05, 3.63) is 34.3 Å². The molecular formula is C17H19BrN2O4S. The van der Waals surface area contributed by atoms with Crippen LogP contribution < -0.4 is 5.32 Å². The number of hydrogen-bond donors (Lipinski definition) is 1. The Morgan fingerprint density at radius 2 is 2.08 bits per heavy atom. The number of hydrogen-bond acceptors (Lipinski definition) is 5. The standard InChI is InChI=1S/C17H19BrN2O4S/c1-17-8-7-13(21)20(17)12(9-25-17)15(22)19-14(16(23)24-2)10-3-5-11(18)6-4-10/h3-6,12,14H,7-9H2,1-2H3,(H,19,22). The zero-order chi connectivity index (χ0) is 18.2. The maximum atomic E-state index is 12.8. The van der Waals surface area contributed by atoms with Gasteiger partial charge in [0.2, 0.25) is 11.8 Å². The van der Waals surface area contributed by atoms with Crippen molar-refractivity contribution in [3.8, 4) is 0 Å². The third-order valence-electron chi connectivity index (χ3n) is 4.67. The fourth-order valence-corrected chi connectivity index (χ4v) is 5.00. The number of carbonyl (C=O) groups is 3. The van der Waals surface area contributed by atoms with E-state index < -0.39 is 18.1 Å². The fraction of sp³-hybridized carbons (Fsp3) is 0.471. The Balaban J connectivity index is 1.80. The SMILES string of the molecule is COC(=O)C(NC(=O)C1CSC2(C)CCC(=O)N12)c1ccc(Br)cc1. The minimum atomic E-state index is -0.903. The highest BCUT2D eigenvalue weighted by Gasteiger charge is 2.53. The molecule has 2 aliphatic rings. The van der Waals surface area contributed by atoms with Crippen LogP contribution >= 0.6 is 27.7 Å². The Kier molecular flexibility index (Phi) is 5.11. The summed E-state index contributed by atoms with van der Waals surface area (Å²) >= 11 is 4.96. The van der Waals surface area contributed by atoms with Gasteiger partial charge in [0.15, 0.2) is 6.04 Å². The molecule has 1 aromatic rings. The highest BCUT2D eigenvalue weighted by molar-refractivity contribution is 9.10. The van der Waals surface area contributed by atoms with Crippen molar-refractivity contribution in [2.24, 2.45) is 0 Å². The van der Waals surface area contributed by atoms with E-state index in [2.05, 4.69) is 21.2 Å². The summed E-state index contributed by atoms with van der Waals surface area (Å²) in [5.74, 6) is -0.352. The summed E-state index contributed by atoms with van der Waals surface area (Å²) < 4.78 is 5.71. The van der Waals surface area contributed by atoms with E-state index in [-0.39, 0.29) is 16.7 Å². The first-order valence-electron chi connectivity index (χ1n) is 7.95. The van der Waals surface area contributed by atoms with Gasteiger partial charge in [-0.1, -0.05) is 28.1 Å². The number of fused-ring (bicyclic) bond motifs is 1. The Hall–Kier alpha value is -1.54. The lowest BCUT2D eigenvalue weighted by Gasteiger charge is -2.30. The van der Waals surface area contributed by atoms with Crippen molar-refractivity contribution >= 4 is 45.5 Å². The quantitative estimate of drug-likeness (QED) is 0.746. The van der Waals surface area contributed by atoms with E-state index in [1.807, 2.05) is 6.92 Å². The number of esters is 1. The fourth-order valence-electron chi connectivity index (χ4n) is 3.30. The van der Waals surface area contributed by atoms with Gasteiger partial charge in [-0.25, -0.2) is 4.79 Å². The lowest BCUT2D eigenvalue weighted by molar-refractivity contribution is -0.146. The number of rotatable bonds is 4. The van der Waals surface area contributed by atoms with E-state index in [4.69, 9.17) is 4.74 Å². The molecule has 0 bridgehead atoms. The van der Waals surface area contributed by atoms with Crippen LogP contribution in [0.25, 0.3) is 0 Å². The Morgan fingerprint density at radius 1 is 1.40 bits per heavy atom. The number of benzene rings is 1. The molecule has 2 saturated heterocycles. The molecule has 6 nitrogen and oxygen atoms in total. The second kappa shape index (κ2) is 6.99. The number of nitrogens with zero attached hydrogens (tertiary/aromatic N) is 1. The number of thioether (sulfide) groups is 1. The summed E-state index contributed by atoms with van der Waals surface area (Å²) in [7, 11) is 1.28. The molecule has 25 heavy (non-hydrogen) atoms. The second-order valence-corrected chi connectivity index (χ2v) is 8.70. The molecule has 3 rings (SSSR count). The van der Waals surface area contributed by atoms with E-state index in [0.29, 0.717) is 17.7 Å². The molecule has 0 aromatic heterocycles. The van der Waals surface area contributed by atoms with Crippen LogP contribution in [-0.4, -0.2) is 46.5 Å². The maximum absolute atomic E-state index is 12.8. The summed E-state index contributed by atoms with van der Waals surface area (Å²) in [4.78, 5) is 38.5. The maximum Gasteiger partial charge on any atom is 0.333 e. The monoisotopic (exact) mass is 426 g/mol. The number of carbonyl (C=O) groups excluding carboxylic acids is 3. The molecule has 0 saturated carbocycles. The number of methoxy groups -OCH3 is 1. The summed E-state index contributed by atoms with van der Waals surface area (Å²) in [6, 6.07) is 5.63. The van der Waals surface area contributed by atoms with Crippen LogP contribution in [0.5, 0.6) is 0 Å². The molecule has 134 valence electrons. The molecule has 1 aromatic carbocycles. The van der Waals surface area contributed by atoms with Gasteiger partial charge in [0.05, 0.1) is 12.0 Å². The predicted octanol–water partition coefficient (Wildman–Crippen LogP) is 2.23. The van der Waals surface area contributed by atoms with Crippen LogP contribution in [0.4, 0.5) is 0 Å². The van der Waals surface area contributed by atoms with Gasteiger partial charge >= 0.3 is 5.97 Å². The first-order valence-corrected chi connectivity index (χ1v) is 9.73. The van der Waals surface area contributed by atoms with Gasteiger partial charge < -0.3 is 15.0 Å². The average Bonchev–Trinajstić information content (AvgIpc) is 3.09. The largest absolute Gasteiger partial charge is 0.467 e. The van der Waals surface area contributed by atoms with Gasteiger partial charge in [-0.05, 0) is 31.0 Å². The van der Waals surface area contributed by atoms with Crippen molar-refractivity contribution in [3.63, 3.8) is 0 Å². The van der Waals surface area contributed by atoms with Crippen LogP contribution in [0, 0.1) is 0 Å². The van der Waals surface area contributed by atoms with Crippen LogP contribution in [0.1, 0.15) is 31.4 Å². The van der Waals surface area contributed by atoms with Crippen molar-refractivity contribution in [2.45, 2.75) is 36.7 Å². The lowest BCUT2D eigenvalue weighted by atomic mass is 10.1. The zero-order valence-electron chi connectivity index (χ0n) is 14.0. The van der Waals surface area contributed by atoms with Crippen molar-refractivity contribution in [1.82, 2.24) is 10.2 Å². The molecule has 0 radical (unpaired) electrons. The first kappa shape index (κ1) is 18.3. The Morgan fingerprint density at radius 3 is 2.72 bits per heavy atom. The number of amides is 2. The van der Waals surface area contributed by atoms with Crippen LogP contribution in [0.15, 0.2) is 28.7 Å². The third-order valence-corrected chi connectivity index (χ3v) is 6.71. The first-order chi connectivity index (χ1) is 11.9. The molecule has 0 spiro atoms. The zero-order valence-corrected chi connectivity index (χ0v) is 16.4. The minimum Gasteiger partial charge on any atom is -0.467 e. The second-order valence-electron chi connectivity index (χ2n) is 6.28. The van der Waals surface area contributed by atoms with Gasteiger partial charge in [0.1, 0.15) is 6.04 Å². The van der Waals surface area contributed by atoms with E-state index >= 15 is 0 Å². The molecule has 2 amide bonds. The smallest absolute Gasteiger partial charge is 0.333 e. The molecule has 3 unspecified atom stereocenters. The van der Waals surface area contributed by atoms with Gasteiger partial charge in [-0.3, -0.25) is 9.59 Å². The number of halogens is 1. The van der Waals surface area contributed by atoms with Gasteiger partial charge in [-0.15, -0.1) is 11.8 Å². The highest BCUT2D eigenvalue weighted by atomic mass is 79.9. The van der Waals surface area contributed by atoms with E-state index in [9.17, 15) is 14.4 Å². The van der Waals surface area contributed by atoms with Gasteiger partial charge in [-0.2, -0.15) is 0 Å². The summed E-state index contributed by atoms with van der Waals surface area (Å²) in [5.41, 5.74) is 0.629. The van der Waals surface area contributed by atoms with E-state index in [1.165, 1.54) is 7.11 Å². The Labute approximate surface area is 158 Å². The predicted molar refractivity (Wildman–Crippen MR) is 97.8 cm³/mol. The minimum absolute atomic E-state index is 0.00842. The van der Waals surface area contributed by atoms with E-state index in [0.717, 1.165) is 10.9 Å². The van der Waals surface area contributed by atoms with Crippen LogP contribution in [0.3, 0.4) is 0 Å². The molecule has 2 heterocycles. The Bertz CT molecular complexity index is 711. The van der Waals surface area contributed by atoms with E-state index in [1.54, 1.807) is 40.9 Å². The molecule has 0 aliphatic carbocycles. The van der Waals surface area contributed by atoms with Crippen molar-refractivity contribution < 1.29 is 19.1 Å². The van der Waals surface area contributed by atoms with Crippen molar-refractivity contribution in [1.29, 1.82) is 0 Å². The third kappa shape index (κ3) is 3.42. The summed E-state index contributed by atoms with van der Waals surface area (Å²) in [6.45, 7) is 1.99. The summed E-state index contributed by atoms with van der Waals surface area (Å²) in [6.07, 6.45) is 1.20. The van der Waals surface area contributed by atoms with Crippen LogP contribution in [0.2, 0.25) is 0 Å². The van der Waals surface area contributed by atoms with Crippen LogP contribution in [-0.2, 0) is 19.1 Å². The molecule has 1 N–H and O–H groups in total. The normalized spacial score (nSPS) is 26.3. The highest BCUT2D eigenvalue weighted by Crippen LogP contribution is 2.47. The topological polar surface area (TPSA) is 75.7 Å². The summed E-state index contributed by atoms with van der Waals surface area (Å²) in [5, 5.41) is 2.76. The molecule has 2 aliphatic heterocycles. The molecule has 2 fully saturated rings. The van der Waals surface area contributed by atoms with Crippen molar-refractivity contribution in [2.75, 3.05) is 12.9 Å².